The molecule has 0 aliphatic heterocycles. The quantitative estimate of drug-likeness (QED) is 0.682. The number of rotatable bonds is 4. The lowest BCUT2D eigenvalue weighted by molar-refractivity contribution is -0.380. The van der Waals surface area contributed by atoms with Crippen molar-refractivity contribution in [3.63, 3.8) is 0 Å². The average Bonchev–Trinajstić information content (AvgIpc) is 2.85. The van der Waals surface area contributed by atoms with Crippen LogP contribution in [0.2, 0.25) is 0 Å². The fourth-order valence-corrected chi connectivity index (χ4v) is 2.52. The van der Waals surface area contributed by atoms with Crippen molar-refractivity contribution in [3.05, 3.63) is 38.5 Å². The Hall–Kier alpha value is -1.89. The van der Waals surface area contributed by atoms with Crippen molar-refractivity contribution >= 4 is 22.0 Å². The van der Waals surface area contributed by atoms with Gasteiger partial charge in [-0.1, -0.05) is 11.3 Å². The van der Waals surface area contributed by atoms with Crippen molar-refractivity contribution in [2.75, 3.05) is 5.32 Å². The van der Waals surface area contributed by atoms with Crippen molar-refractivity contribution in [1.29, 1.82) is 0 Å². The van der Waals surface area contributed by atoms with Crippen LogP contribution in [0.1, 0.15) is 16.3 Å². The minimum absolute atomic E-state index is 0.173. The second-order valence-corrected chi connectivity index (χ2v) is 5.17. The van der Waals surface area contributed by atoms with Gasteiger partial charge in [-0.2, -0.15) is 5.10 Å². The van der Waals surface area contributed by atoms with E-state index < -0.39 is 0 Å². The van der Waals surface area contributed by atoms with E-state index in [0.29, 0.717) is 6.54 Å². The van der Waals surface area contributed by atoms with Gasteiger partial charge in [-0.25, -0.2) is 0 Å². The van der Waals surface area contributed by atoms with Crippen LogP contribution in [0.5, 0.6) is 0 Å². The number of nitrogens with one attached hydrogen (secondary N) is 1. The summed E-state index contributed by atoms with van der Waals surface area (Å²) < 4.78 is 1.81. The van der Waals surface area contributed by atoms with E-state index in [9.17, 15) is 10.1 Å². The molecule has 0 aromatic carbocycles. The van der Waals surface area contributed by atoms with Crippen LogP contribution in [-0.4, -0.2) is 14.7 Å². The summed E-state index contributed by atoms with van der Waals surface area (Å²) in [5.74, 6) is 0. The Bertz CT molecular complexity index is 588. The standard InChI is InChI=1S/C11H14N4O2S/c1-7-11(8(2)14(3)13-7)12-6-9-4-5-10(18-9)15(16)17/h4-5,12H,6H2,1-3H3. The fourth-order valence-electron chi connectivity index (χ4n) is 1.76. The van der Waals surface area contributed by atoms with Gasteiger partial charge in [0, 0.05) is 24.5 Å². The van der Waals surface area contributed by atoms with Gasteiger partial charge in [-0.05, 0) is 19.9 Å². The van der Waals surface area contributed by atoms with Gasteiger partial charge in [-0.3, -0.25) is 14.8 Å². The lowest BCUT2D eigenvalue weighted by Crippen LogP contribution is -2.00. The van der Waals surface area contributed by atoms with E-state index in [-0.39, 0.29) is 9.92 Å². The first-order valence-corrected chi connectivity index (χ1v) is 6.28. The molecule has 18 heavy (non-hydrogen) atoms. The normalized spacial score (nSPS) is 10.6. The third kappa shape index (κ3) is 2.35. The molecule has 2 rings (SSSR count). The topological polar surface area (TPSA) is 73.0 Å². The molecule has 0 bridgehead atoms. The zero-order valence-corrected chi connectivity index (χ0v) is 11.2. The van der Waals surface area contributed by atoms with Gasteiger partial charge in [0.05, 0.1) is 22.0 Å². The van der Waals surface area contributed by atoms with Crippen molar-refractivity contribution in [3.8, 4) is 0 Å². The third-order valence-corrected chi connectivity index (χ3v) is 3.81. The van der Waals surface area contributed by atoms with Crippen LogP contribution in [0.25, 0.3) is 0 Å². The third-order valence-electron chi connectivity index (χ3n) is 2.78. The molecule has 2 heterocycles. The van der Waals surface area contributed by atoms with Crippen LogP contribution in [0, 0.1) is 24.0 Å². The molecular weight excluding hydrogens is 252 g/mol. The highest BCUT2D eigenvalue weighted by molar-refractivity contribution is 7.15. The number of thiophene rings is 1. The summed E-state index contributed by atoms with van der Waals surface area (Å²) in [6.45, 7) is 4.50. The Kier molecular flexibility index (Phi) is 3.33. The van der Waals surface area contributed by atoms with Crippen LogP contribution in [0.15, 0.2) is 12.1 Å². The Balaban J connectivity index is 2.09. The van der Waals surface area contributed by atoms with Crippen molar-refractivity contribution in [1.82, 2.24) is 9.78 Å². The second-order valence-electron chi connectivity index (χ2n) is 4.02. The molecule has 0 saturated carbocycles. The van der Waals surface area contributed by atoms with Crippen LogP contribution in [0.3, 0.4) is 0 Å². The van der Waals surface area contributed by atoms with Crippen LogP contribution in [-0.2, 0) is 13.6 Å². The Labute approximate surface area is 108 Å². The molecule has 0 radical (unpaired) electrons. The van der Waals surface area contributed by atoms with Gasteiger partial charge in [0.2, 0.25) is 0 Å². The zero-order chi connectivity index (χ0) is 13.3. The molecule has 0 aliphatic carbocycles. The summed E-state index contributed by atoms with van der Waals surface area (Å²) in [6.07, 6.45) is 0. The largest absolute Gasteiger partial charge is 0.377 e. The molecule has 0 unspecified atom stereocenters. The maximum atomic E-state index is 10.6. The summed E-state index contributed by atoms with van der Waals surface area (Å²) >= 11 is 1.19. The number of aromatic nitrogens is 2. The SMILES string of the molecule is Cc1nn(C)c(C)c1NCc1ccc([N+](=O)[O-])s1. The summed E-state index contributed by atoms with van der Waals surface area (Å²) in [5, 5.41) is 18.3. The first-order valence-electron chi connectivity index (χ1n) is 5.46. The highest BCUT2D eigenvalue weighted by Gasteiger charge is 2.12. The van der Waals surface area contributed by atoms with Gasteiger partial charge < -0.3 is 5.32 Å². The Morgan fingerprint density at radius 3 is 2.72 bits per heavy atom. The van der Waals surface area contributed by atoms with E-state index in [4.69, 9.17) is 0 Å². The number of hydrogen-bond acceptors (Lipinski definition) is 5. The molecule has 0 spiro atoms. The van der Waals surface area contributed by atoms with E-state index in [1.165, 1.54) is 17.4 Å². The predicted molar refractivity (Wildman–Crippen MR) is 71.0 cm³/mol. The summed E-state index contributed by atoms with van der Waals surface area (Å²) in [7, 11) is 1.89. The maximum Gasteiger partial charge on any atom is 0.324 e. The molecule has 0 fully saturated rings. The number of aryl methyl sites for hydroxylation is 2. The first-order chi connectivity index (χ1) is 8.49. The zero-order valence-electron chi connectivity index (χ0n) is 10.4. The van der Waals surface area contributed by atoms with Crippen LogP contribution < -0.4 is 5.32 Å². The van der Waals surface area contributed by atoms with Gasteiger partial charge in [-0.15, -0.1) is 0 Å². The highest BCUT2D eigenvalue weighted by Crippen LogP contribution is 2.26. The maximum absolute atomic E-state index is 10.6. The fraction of sp³-hybridized carbons (Fsp3) is 0.364. The van der Waals surface area contributed by atoms with E-state index in [2.05, 4.69) is 10.4 Å². The second kappa shape index (κ2) is 4.77. The molecule has 0 amide bonds. The summed E-state index contributed by atoms with van der Waals surface area (Å²) in [5.41, 5.74) is 2.98. The Morgan fingerprint density at radius 1 is 1.50 bits per heavy atom. The Morgan fingerprint density at radius 2 is 2.22 bits per heavy atom. The van der Waals surface area contributed by atoms with E-state index in [1.54, 1.807) is 6.07 Å². The lowest BCUT2D eigenvalue weighted by atomic mass is 10.3. The smallest absolute Gasteiger partial charge is 0.324 e. The number of nitro groups is 1. The molecule has 0 aliphatic rings. The molecule has 1 N–H and O–H groups in total. The monoisotopic (exact) mass is 266 g/mol. The number of anilines is 1. The van der Waals surface area contributed by atoms with E-state index >= 15 is 0 Å². The van der Waals surface area contributed by atoms with Gasteiger partial charge >= 0.3 is 5.00 Å². The lowest BCUT2D eigenvalue weighted by Gasteiger charge is -2.04. The molecule has 96 valence electrons. The molecule has 7 heteroatoms. The predicted octanol–water partition coefficient (Wildman–Crippen LogP) is 2.62. The molecular formula is C11H14N4O2S. The molecule has 0 atom stereocenters. The molecule has 6 nitrogen and oxygen atoms in total. The van der Waals surface area contributed by atoms with Crippen LogP contribution in [0.4, 0.5) is 10.7 Å². The summed E-state index contributed by atoms with van der Waals surface area (Å²) in [4.78, 5) is 11.2. The molecule has 0 saturated heterocycles. The van der Waals surface area contributed by atoms with E-state index in [0.717, 1.165) is 22.0 Å². The van der Waals surface area contributed by atoms with Crippen molar-refractivity contribution in [2.45, 2.75) is 20.4 Å². The minimum Gasteiger partial charge on any atom is -0.377 e. The van der Waals surface area contributed by atoms with Crippen molar-refractivity contribution in [2.24, 2.45) is 7.05 Å². The van der Waals surface area contributed by atoms with E-state index in [1.807, 2.05) is 25.6 Å². The average molecular weight is 266 g/mol. The van der Waals surface area contributed by atoms with Gasteiger partial charge in [0.15, 0.2) is 0 Å². The van der Waals surface area contributed by atoms with Crippen LogP contribution >= 0.6 is 11.3 Å². The number of hydrogen-bond donors (Lipinski definition) is 1. The highest BCUT2D eigenvalue weighted by atomic mass is 32.1. The minimum atomic E-state index is -0.366. The summed E-state index contributed by atoms with van der Waals surface area (Å²) in [6, 6.07) is 3.31. The first kappa shape index (κ1) is 12.6. The van der Waals surface area contributed by atoms with Crippen molar-refractivity contribution < 1.29 is 4.92 Å². The molecule has 2 aromatic rings. The van der Waals surface area contributed by atoms with Gasteiger partial charge in [0.25, 0.3) is 0 Å². The molecule has 2 aromatic heterocycles. The number of nitrogens with zero attached hydrogens (tertiary/aromatic N) is 3. The van der Waals surface area contributed by atoms with Gasteiger partial charge in [0.1, 0.15) is 0 Å².